The fraction of sp³-hybridized carbons (Fsp3) is 0.467. The minimum atomic E-state index is -1.29. The molecule has 0 unspecified atom stereocenters. The number of hydrogen-bond donors (Lipinski definition) is 1. The molecule has 0 aliphatic rings. The van der Waals surface area contributed by atoms with Gasteiger partial charge in [0.25, 0.3) is 0 Å². The first-order valence-corrected chi connectivity index (χ1v) is 11.1. The molecule has 0 aromatic heterocycles. The van der Waals surface area contributed by atoms with Gasteiger partial charge in [-0.3, -0.25) is 0 Å². The molecular weight excluding hydrogens is 320 g/mol. The molecular formula is C15H23ClN2O3Si. The Hall–Kier alpha value is -1.53. The fourth-order valence-corrected chi connectivity index (χ4v) is 2.19. The van der Waals surface area contributed by atoms with Gasteiger partial charge in [0.05, 0.1) is 20.9 Å². The van der Waals surface area contributed by atoms with Crippen molar-refractivity contribution in [1.29, 1.82) is 0 Å². The zero-order chi connectivity index (χ0) is 16.8. The number of halogens is 1. The molecule has 5 nitrogen and oxygen atoms in total. The third kappa shape index (κ3) is 6.49. The van der Waals surface area contributed by atoms with Crippen molar-refractivity contribution in [3.63, 3.8) is 0 Å². The van der Waals surface area contributed by atoms with Crippen LogP contribution in [0.3, 0.4) is 0 Å². The summed E-state index contributed by atoms with van der Waals surface area (Å²) in [5.41, 5.74) is 2.47. The number of alkyl carbamates (subject to hydrolysis) is 1. The smallest absolute Gasteiger partial charge is 0.407 e. The summed E-state index contributed by atoms with van der Waals surface area (Å²) in [5, 5.41) is 7.35. The van der Waals surface area contributed by atoms with Crippen LogP contribution in [0.25, 0.3) is 0 Å². The number of carbonyl (C=O) groups is 1. The second-order valence-corrected chi connectivity index (χ2v) is 12.0. The Balaban J connectivity index is 2.78. The van der Waals surface area contributed by atoms with Gasteiger partial charge in [0, 0.05) is 11.6 Å². The molecule has 122 valence electrons. The van der Waals surface area contributed by atoms with Gasteiger partial charge in [-0.15, -0.1) is 0 Å². The third-order valence-corrected chi connectivity index (χ3v) is 4.13. The molecule has 1 amide bonds. The number of benzene rings is 1. The Morgan fingerprint density at radius 2 is 2.05 bits per heavy atom. The van der Waals surface area contributed by atoms with Gasteiger partial charge in [0.15, 0.2) is 0 Å². The maximum Gasteiger partial charge on any atom is 0.407 e. The van der Waals surface area contributed by atoms with Crippen molar-refractivity contribution < 1.29 is 14.4 Å². The summed E-state index contributed by atoms with van der Waals surface area (Å²) in [6, 6.07) is 5.54. The summed E-state index contributed by atoms with van der Waals surface area (Å²) in [5.74, 6) is 0. The maximum absolute atomic E-state index is 11.1. The molecule has 0 radical (unpaired) electrons. The van der Waals surface area contributed by atoms with Crippen LogP contribution in [-0.2, 0) is 16.1 Å². The van der Waals surface area contributed by atoms with Gasteiger partial charge in [0.1, 0.15) is 6.23 Å². The summed E-state index contributed by atoms with van der Waals surface area (Å²) in [6.07, 6.45) is 0.180. The van der Waals surface area contributed by atoms with Crippen LogP contribution in [0.4, 0.5) is 4.79 Å². The van der Waals surface area contributed by atoms with Gasteiger partial charge in [-0.1, -0.05) is 42.5 Å². The van der Waals surface area contributed by atoms with Crippen molar-refractivity contribution in [2.45, 2.75) is 33.1 Å². The SMILES string of the molecule is COC(=O)NCc1cc(/C(C)=N\OC[Si](C)(C)C)ccc1Cl. The fourth-order valence-electron chi connectivity index (χ4n) is 1.55. The third-order valence-electron chi connectivity index (χ3n) is 2.77. The van der Waals surface area contributed by atoms with E-state index in [1.807, 2.05) is 19.1 Å². The standard InChI is InChI=1S/C15H23ClN2O3Si/c1-11(18-21-10-22(3,4)5)12-6-7-14(16)13(8-12)9-17-15(19)20-2/h6-8H,9-10H2,1-5H3,(H,17,19)/b18-11-. The minimum Gasteiger partial charge on any atom is -0.453 e. The first-order chi connectivity index (χ1) is 10.2. The molecule has 0 bridgehead atoms. The first-order valence-electron chi connectivity index (χ1n) is 7.00. The highest BCUT2D eigenvalue weighted by Crippen LogP contribution is 2.18. The van der Waals surface area contributed by atoms with Crippen molar-refractivity contribution in [2.24, 2.45) is 5.16 Å². The number of nitrogens with one attached hydrogen (secondary N) is 1. The van der Waals surface area contributed by atoms with Crippen LogP contribution in [0.1, 0.15) is 18.1 Å². The number of methoxy groups -OCH3 is 1. The largest absolute Gasteiger partial charge is 0.453 e. The van der Waals surface area contributed by atoms with E-state index in [0.717, 1.165) is 16.8 Å². The number of amides is 1. The average Bonchev–Trinajstić information content (AvgIpc) is 2.44. The molecule has 0 heterocycles. The molecule has 0 spiro atoms. The average molecular weight is 343 g/mol. The molecule has 1 aromatic rings. The number of oxime groups is 1. The molecule has 0 aliphatic heterocycles. The number of hydrogen-bond acceptors (Lipinski definition) is 4. The second-order valence-electron chi connectivity index (χ2n) is 6.16. The van der Waals surface area contributed by atoms with Crippen molar-refractivity contribution >= 4 is 31.5 Å². The quantitative estimate of drug-likeness (QED) is 0.485. The van der Waals surface area contributed by atoms with Crippen molar-refractivity contribution in [3.8, 4) is 0 Å². The Kier molecular flexibility index (Phi) is 6.89. The van der Waals surface area contributed by atoms with Crippen LogP contribution in [0.15, 0.2) is 23.4 Å². The number of nitrogens with zero attached hydrogens (tertiary/aromatic N) is 1. The Bertz CT molecular complexity index is 556. The molecule has 1 N–H and O–H groups in total. The summed E-state index contributed by atoms with van der Waals surface area (Å²) in [4.78, 5) is 16.6. The summed E-state index contributed by atoms with van der Waals surface area (Å²) in [7, 11) is 0.0333. The second kappa shape index (κ2) is 8.19. The zero-order valence-electron chi connectivity index (χ0n) is 13.7. The first kappa shape index (κ1) is 18.5. The topological polar surface area (TPSA) is 59.9 Å². The predicted molar refractivity (Wildman–Crippen MR) is 92.2 cm³/mol. The van der Waals surface area contributed by atoms with Gasteiger partial charge in [0.2, 0.25) is 0 Å². The van der Waals surface area contributed by atoms with E-state index in [0.29, 0.717) is 17.8 Å². The van der Waals surface area contributed by atoms with Crippen LogP contribution in [-0.4, -0.2) is 33.2 Å². The monoisotopic (exact) mass is 342 g/mol. The van der Waals surface area contributed by atoms with Crippen molar-refractivity contribution in [2.75, 3.05) is 13.3 Å². The molecule has 0 saturated carbocycles. The lowest BCUT2D eigenvalue weighted by atomic mass is 10.1. The van der Waals surface area contributed by atoms with E-state index in [4.69, 9.17) is 16.4 Å². The van der Waals surface area contributed by atoms with Crippen LogP contribution < -0.4 is 5.32 Å². The van der Waals surface area contributed by atoms with Gasteiger partial charge in [-0.2, -0.15) is 0 Å². The van der Waals surface area contributed by atoms with Crippen molar-refractivity contribution in [3.05, 3.63) is 34.3 Å². The Labute approximate surface area is 137 Å². The predicted octanol–water partition coefficient (Wildman–Crippen LogP) is 3.81. The molecule has 22 heavy (non-hydrogen) atoms. The summed E-state index contributed by atoms with van der Waals surface area (Å²) in [6.45, 7) is 8.83. The lowest BCUT2D eigenvalue weighted by molar-refractivity contribution is 0.170. The van der Waals surface area contributed by atoms with E-state index < -0.39 is 14.2 Å². The van der Waals surface area contributed by atoms with Gasteiger partial charge >= 0.3 is 6.09 Å². The van der Waals surface area contributed by atoms with Crippen molar-refractivity contribution in [1.82, 2.24) is 5.32 Å². The molecule has 0 saturated heterocycles. The Morgan fingerprint density at radius 1 is 1.36 bits per heavy atom. The lowest BCUT2D eigenvalue weighted by Gasteiger charge is -2.13. The zero-order valence-corrected chi connectivity index (χ0v) is 15.5. The van der Waals surface area contributed by atoms with Crippen LogP contribution in [0, 0.1) is 0 Å². The van der Waals surface area contributed by atoms with E-state index in [2.05, 4.69) is 34.9 Å². The van der Waals surface area contributed by atoms with Crippen LogP contribution in [0.2, 0.25) is 24.7 Å². The van der Waals surface area contributed by atoms with Gasteiger partial charge in [-0.05, 0) is 30.2 Å². The molecule has 7 heteroatoms. The van der Waals surface area contributed by atoms with Gasteiger partial charge < -0.3 is 14.9 Å². The normalized spacial score (nSPS) is 12.0. The number of rotatable bonds is 6. The van der Waals surface area contributed by atoms with E-state index in [9.17, 15) is 4.79 Å². The van der Waals surface area contributed by atoms with E-state index in [-0.39, 0.29) is 0 Å². The summed E-state index contributed by atoms with van der Waals surface area (Å²) < 4.78 is 4.54. The van der Waals surface area contributed by atoms with Gasteiger partial charge in [-0.25, -0.2) is 4.79 Å². The minimum absolute atomic E-state index is 0.294. The highest BCUT2D eigenvalue weighted by molar-refractivity contribution is 6.76. The molecule has 1 aromatic carbocycles. The summed E-state index contributed by atoms with van der Waals surface area (Å²) >= 11 is 6.13. The molecule has 0 aliphatic carbocycles. The molecule has 0 fully saturated rings. The Morgan fingerprint density at radius 3 is 2.64 bits per heavy atom. The number of ether oxygens (including phenoxy) is 1. The van der Waals surface area contributed by atoms with E-state index >= 15 is 0 Å². The maximum atomic E-state index is 11.1. The molecule has 1 rings (SSSR count). The highest BCUT2D eigenvalue weighted by Gasteiger charge is 2.14. The number of carbonyl (C=O) groups excluding carboxylic acids is 1. The molecule has 0 atom stereocenters. The highest BCUT2D eigenvalue weighted by atomic mass is 35.5. The van der Waals surface area contributed by atoms with Crippen LogP contribution >= 0.6 is 11.6 Å². The van der Waals surface area contributed by atoms with E-state index in [1.54, 1.807) is 6.07 Å². The van der Waals surface area contributed by atoms with Crippen LogP contribution in [0.5, 0.6) is 0 Å². The lowest BCUT2D eigenvalue weighted by Crippen LogP contribution is -2.27. The van der Waals surface area contributed by atoms with E-state index in [1.165, 1.54) is 7.11 Å².